The molecule has 92 valence electrons. The second-order valence-electron chi connectivity index (χ2n) is 4.46. The van der Waals surface area contributed by atoms with Gasteiger partial charge in [0.05, 0.1) is 25.5 Å². The number of nitrogens with two attached hydrogens (primary N) is 1. The lowest BCUT2D eigenvalue weighted by Crippen LogP contribution is -2.35. The molecule has 0 spiro atoms. The van der Waals surface area contributed by atoms with Crippen molar-refractivity contribution in [3.05, 3.63) is 12.4 Å². The highest BCUT2D eigenvalue weighted by molar-refractivity contribution is 5.08. The summed E-state index contributed by atoms with van der Waals surface area (Å²) in [5, 5.41) is 0. The fraction of sp³-hybridized carbons (Fsp3) is 0.769. The Hall–Kier alpha value is -0.990. The molecule has 16 heavy (non-hydrogen) atoms. The lowest BCUT2D eigenvalue weighted by Gasteiger charge is -2.01. The van der Waals surface area contributed by atoms with Gasteiger partial charge in [0.2, 0.25) is 0 Å². The van der Waals surface area contributed by atoms with E-state index in [0.29, 0.717) is 0 Å². The summed E-state index contributed by atoms with van der Waals surface area (Å²) in [5.41, 5.74) is 6.09. The Morgan fingerprint density at radius 2 is 1.81 bits per heavy atom. The highest BCUT2D eigenvalue weighted by Crippen LogP contribution is 2.03. The van der Waals surface area contributed by atoms with E-state index in [9.17, 15) is 0 Å². The molecule has 0 radical (unpaired) electrons. The molecule has 0 aromatic carbocycles. The van der Waals surface area contributed by atoms with E-state index in [1.165, 1.54) is 38.5 Å². The van der Waals surface area contributed by atoms with Crippen LogP contribution in [0.25, 0.3) is 0 Å². The Bertz CT molecular complexity index is 264. The van der Waals surface area contributed by atoms with Gasteiger partial charge in [-0.1, -0.05) is 39.5 Å². The predicted octanol–water partition coefficient (Wildman–Crippen LogP) is 2.74. The minimum atomic E-state index is 0.909. The van der Waals surface area contributed by atoms with Gasteiger partial charge in [-0.3, -0.25) is 5.73 Å². The van der Waals surface area contributed by atoms with Gasteiger partial charge in [0, 0.05) is 0 Å². The van der Waals surface area contributed by atoms with E-state index in [2.05, 4.69) is 35.4 Å². The molecule has 0 aliphatic rings. The van der Waals surface area contributed by atoms with Gasteiger partial charge in [0.1, 0.15) is 0 Å². The molecular formula is C13H26N3+. The molecule has 1 heterocycles. The number of hydrogen-bond donors (Lipinski definition) is 1. The molecule has 3 heteroatoms. The summed E-state index contributed by atoms with van der Waals surface area (Å²) >= 11 is 0. The molecule has 0 amide bonds. The second kappa shape index (κ2) is 7.31. The fourth-order valence-corrected chi connectivity index (χ4v) is 1.92. The molecule has 0 saturated carbocycles. The number of hydrogen-bond acceptors (Lipinski definition) is 1. The van der Waals surface area contributed by atoms with E-state index in [0.717, 1.165) is 19.0 Å². The molecule has 2 N–H and O–H groups in total. The van der Waals surface area contributed by atoms with Gasteiger partial charge < -0.3 is 0 Å². The topological polar surface area (TPSA) is 34.8 Å². The largest absolute Gasteiger partial charge is 0.355 e. The van der Waals surface area contributed by atoms with Gasteiger partial charge in [-0.2, -0.15) is 0 Å². The Morgan fingerprint density at radius 3 is 2.50 bits per heavy atom. The highest BCUT2D eigenvalue weighted by atomic mass is 15.2. The van der Waals surface area contributed by atoms with Crippen molar-refractivity contribution in [1.29, 1.82) is 0 Å². The molecule has 0 unspecified atom stereocenters. The van der Waals surface area contributed by atoms with E-state index in [1.807, 2.05) is 0 Å². The molecule has 1 rings (SSSR count). The molecule has 0 saturated heterocycles. The molecule has 0 aliphatic heterocycles. The first-order valence-electron chi connectivity index (χ1n) is 6.63. The highest BCUT2D eigenvalue weighted by Gasteiger charge is 2.10. The minimum Gasteiger partial charge on any atom is -0.290 e. The Labute approximate surface area is 99.3 Å². The standard InChI is InChI=1S/C13H25N3/c1-3-5-7-9-15-11-12-16(13(15)14)10-8-6-4-2/h11-12,14H,3-10H2,1-2H3/p+1. The maximum Gasteiger partial charge on any atom is 0.355 e. The fourth-order valence-electron chi connectivity index (χ4n) is 1.92. The maximum atomic E-state index is 6.09. The smallest absolute Gasteiger partial charge is 0.290 e. The van der Waals surface area contributed by atoms with Gasteiger partial charge in [0.25, 0.3) is 0 Å². The van der Waals surface area contributed by atoms with Crippen LogP contribution in [-0.2, 0) is 13.1 Å². The quantitative estimate of drug-likeness (QED) is 0.535. The molecule has 0 fully saturated rings. The van der Waals surface area contributed by atoms with Gasteiger partial charge in [-0.15, -0.1) is 0 Å². The second-order valence-corrected chi connectivity index (χ2v) is 4.46. The normalized spacial score (nSPS) is 10.9. The summed E-state index contributed by atoms with van der Waals surface area (Å²) in [4.78, 5) is 0. The van der Waals surface area contributed by atoms with Crippen molar-refractivity contribution in [3.8, 4) is 0 Å². The van der Waals surface area contributed by atoms with Crippen molar-refractivity contribution in [1.82, 2.24) is 4.57 Å². The third-order valence-electron chi connectivity index (χ3n) is 3.02. The van der Waals surface area contributed by atoms with E-state index in [4.69, 9.17) is 5.73 Å². The SMILES string of the molecule is CCCCCn1cc[n+](CCCCC)c1N. The summed E-state index contributed by atoms with van der Waals surface area (Å²) in [6.45, 7) is 6.56. The van der Waals surface area contributed by atoms with Crippen LogP contribution in [0.2, 0.25) is 0 Å². The van der Waals surface area contributed by atoms with Crippen molar-refractivity contribution >= 4 is 5.95 Å². The summed E-state index contributed by atoms with van der Waals surface area (Å²) in [7, 11) is 0. The van der Waals surface area contributed by atoms with E-state index >= 15 is 0 Å². The maximum absolute atomic E-state index is 6.09. The molecule has 3 nitrogen and oxygen atoms in total. The van der Waals surface area contributed by atoms with Crippen LogP contribution in [-0.4, -0.2) is 4.57 Å². The van der Waals surface area contributed by atoms with Crippen molar-refractivity contribution in [2.75, 3.05) is 5.73 Å². The number of aromatic nitrogens is 2. The van der Waals surface area contributed by atoms with Crippen LogP contribution in [0.3, 0.4) is 0 Å². The van der Waals surface area contributed by atoms with Crippen LogP contribution in [0.4, 0.5) is 5.95 Å². The Kier molecular flexibility index (Phi) is 5.98. The monoisotopic (exact) mass is 224 g/mol. The van der Waals surface area contributed by atoms with Crippen LogP contribution in [0.15, 0.2) is 12.4 Å². The van der Waals surface area contributed by atoms with Gasteiger partial charge in [0.15, 0.2) is 0 Å². The van der Waals surface area contributed by atoms with Gasteiger partial charge >= 0.3 is 5.95 Å². The van der Waals surface area contributed by atoms with Crippen molar-refractivity contribution in [3.63, 3.8) is 0 Å². The molecule has 0 aliphatic carbocycles. The third-order valence-corrected chi connectivity index (χ3v) is 3.02. The van der Waals surface area contributed by atoms with Crippen molar-refractivity contribution in [2.45, 2.75) is 65.5 Å². The third kappa shape index (κ3) is 3.87. The molecule has 1 aromatic rings. The number of anilines is 1. The van der Waals surface area contributed by atoms with Crippen LogP contribution in [0, 0.1) is 0 Å². The molecule has 1 aromatic heterocycles. The minimum absolute atomic E-state index is 0.909. The molecule has 0 bridgehead atoms. The first-order chi connectivity index (χ1) is 7.79. The van der Waals surface area contributed by atoms with Crippen LogP contribution >= 0.6 is 0 Å². The summed E-state index contributed by atoms with van der Waals surface area (Å²) in [6.07, 6.45) is 11.8. The number of nitrogen functional groups attached to an aromatic ring is 1. The number of nitrogens with zero attached hydrogens (tertiary/aromatic N) is 2. The zero-order chi connectivity index (χ0) is 11.8. The molecule has 0 atom stereocenters. The average Bonchev–Trinajstić information content (AvgIpc) is 2.62. The zero-order valence-corrected chi connectivity index (χ0v) is 10.8. The zero-order valence-electron chi connectivity index (χ0n) is 10.8. The first-order valence-corrected chi connectivity index (χ1v) is 6.63. The van der Waals surface area contributed by atoms with E-state index in [-0.39, 0.29) is 0 Å². The summed E-state index contributed by atoms with van der Waals surface area (Å²) in [5.74, 6) is 0.909. The van der Waals surface area contributed by atoms with Crippen molar-refractivity contribution in [2.24, 2.45) is 0 Å². The number of rotatable bonds is 8. The van der Waals surface area contributed by atoms with Crippen LogP contribution < -0.4 is 10.3 Å². The Balaban J connectivity index is 2.41. The average molecular weight is 224 g/mol. The predicted molar refractivity (Wildman–Crippen MR) is 68.1 cm³/mol. The van der Waals surface area contributed by atoms with Crippen LogP contribution in [0.5, 0.6) is 0 Å². The van der Waals surface area contributed by atoms with Crippen LogP contribution in [0.1, 0.15) is 52.4 Å². The van der Waals surface area contributed by atoms with Gasteiger partial charge in [-0.25, -0.2) is 9.13 Å². The van der Waals surface area contributed by atoms with E-state index in [1.54, 1.807) is 0 Å². The van der Waals surface area contributed by atoms with Gasteiger partial charge in [-0.05, 0) is 12.8 Å². The lowest BCUT2D eigenvalue weighted by molar-refractivity contribution is -0.682. The summed E-state index contributed by atoms with van der Waals surface area (Å²) < 4.78 is 4.34. The number of imidazole rings is 1. The lowest BCUT2D eigenvalue weighted by atomic mass is 10.2. The summed E-state index contributed by atoms with van der Waals surface area (Å²) in [6, 6.07) is 0. The van der Waals surface area contributed by atoms with E-state index < -0.39 is 0 Å². The molecular weight excluding hydrogens is 198 g/mol. The van der Waals surface area contributed by atoms with Crippen molar-refractivity contribution < 1.29 is 4.57 Å². The first kappa shape index (κ1) is 13.1. The number of unbranched alkanes of at least 4 members (excludes halogenated alkanes) is 4. The number of aryl methyl sites for hydroxylation is 2. The Morgan fingerprint density at radius 1 is 1.12 bits per heavy atom.